The number of carbonyl (C=O) groups is 2. The SMILES string of the molecule is O=C(O)CCCN1C(=O)/C(=C/c2cccc(OCc3c(F)cccc3Cl)c2)SC1=S. The number of hydrogen-bond acceptors (Lipinski definition) is 5. The molecule has 1 fully saturated rings. The lowest BCUT2D eigenvalue weighted by atomic mass is 10.2. The Morgan fingerprint density at radius 2 is 2.07 bits per heavy atom. The van der Waals surface area contributed by atoms with E-state index in [9.17, 15) is 14.0 Å². The van der Waals surface area contributed by atoms with E-state index in [2.05, 4.69) is 0 Å². The van der Waals surface area contributed by atoms with Crippen LogP contribution in [-0.4, -0.2) is 32.7 Å². The summed E-state index contributed by atoms with van der Waals surface area (Å²) in [6.07, 6.45) is 2.00. The minimum Gasteiger partial charge on any atom is -0.489 e. The number of thioether (sulfide) groups is 1. The summed E-state index contributed by atoms with van der Waals surface area (Å²) in [6.45, 7) is 0.238. The summed E-state index contributed by atoms with van der Waals surface area (Å²) in [5, 5.41) is 9.04. The van der Waals surface area contributed by atoms with E-state index in [0.717, 1.165) is 5.56 Å². The second kappa shape index (κ2) is 10.1. The Bertz CT molecular complexity index is 1010. The Morgan fingerprint density at radius 1 is 1.30 bits per heavy atom. The molecule has 0 bridgehead atoms. The second-order valence-corrected chi connectivity index (χ2v) is 8.47. The molecule has 0 saturated carbocycles. The predicted molar refractivity (Wildman–Crippen MR) is 119 cm³/mol. The summed E-state index contributed by atoms with van der Waals surface area (Å²) < 4.78 is 20.0. The maximum Gasteiger partial charge on any atom is 0.303 e. The van der Waals surface area contributed by atoms with Gasteiger partial charge in [0.15, 0.2) is 0 Å². The van der Waals surface area contributed by atoms with Gasteiger partial charge in [-0.1, -0.05) is 53.8 Å². The summed E-state index contributed by atoms with van der Waals surface area (Å²) in [5.74, 6) is -1.10. The van der Waals surface area contributed by atoms with E-state index in [1.54, 1.807) is 36.4 Å². The largest absolute Gasteiger partial charge is 0.489 e. The topological polar surface area (TPSA) is 66.8 Å². The molecule has 1 heterocycles. The molecule has 0 unspecified atom stereocenters. The highest BCUT2D eigenvalue weighted by Crippen LogP contribution is 2.33. The average Bonchev–Trinajstić information content (AvgIpc) is 2.95. The minimum atomic E-state index is -0.913. The van der Waals surface area contributed by atoms with Crippen LogP contribution in [0, 0.1) is 5.82 Å². The Balaban J connectivity index is 1.68. The number of carboxylic acids is 1. The molecule has 9 heteroatoms. The van der Waals surface area contributed by atoms with Crippen molar-refractivity contribution in [2.75, 3.05) is 6.54 Å². The number of amides is 1. The van der Waals surface area contributed by atoms with Crippen molar-refractivity contribution < 1.29 is 23.8 Å². The third-order valence-electron chi connectivity index (χ3n) is 4.25. The first-order valence-corrected chi connectivity index (χ1v) is 10.6. The molecule has 1 N–H and O–H groups in total. The van der Waals surface area contributed by atoms with Crippen LogP contribution in [0.5, 0.6) is 5.75 Å². The van der Waals surface area contributed by atoms with Gasteiger partial charge in [0.05, 0.1) is 9.93 Å². The first-order chi connectivity index (χ1) is 14.3. The van der Waals surface area contributed by atoms with Gasteiger partial charge in [0.1, 0.15) is 22.5 Å². The fraction of sp³-hybridized carbons (Fsp3) is 0.190. The van der Waals surface area contributed by atoms with E-state index in [4.69, 9.17) is 33.7 Å². The fourth-order valence-electron chi connectivity index (χ4n) is 2.75. The van der Waals surface area contributed by atoms with Gasteiger partial charge in [0, 0.05) is 18.5 Å². The van der Waals surface area contributed by atoms with Crippen LogP contribution in [0.1, 0.15) is 24.0 Å². The van der Waals surface area contributed by atoms with Crippen LogP contribution in [0.2, 0.25) is 5.02 Å². The van der Waals surface area contributed by atoms with Gasteiger partial charge < -0.3 is 9.84 Å². The smallest absolute Gasteiger partial charge is 0.303 e. The first-order valence-electron chi connectivity index (χ1n) is 8.98. The second-order valence-electron chi connectivity index (χ2n) is 6.39. The van der Waals surface area contributed by atoms with E-state index < -0.39 is 11.8 Å². The van der Waals surface area contributed by atoms with Crippen molar-refractivity contribution in [3.05, 3.63) is 69.3 Å². The van der Waals surface area contributed by atoms with Gasteiger partial charge in [-0.3, -0.25) is 14.5 Å². The lowest BCUT2D eigenvalue weighted by molar-refractivity contribution is -0.137. The number of halogens is 2. The van der Waals surface area contributed by atoms with Crippen LogP contribution in [0.3, 0.4) is 0 Å². The van der Waals surface area contributed by atoms with Gasteiger partial charge in [0.2, 0.25) is 0 Å². The summed E-state index contributed by atoms with van der Waals surface area (Å²) in [4.78, 5) is 25.1. The van der Waals surface area contributed by atoms with Crippen molar-refractivity contribution in [3.63, 3.8) is 0 Å². The zero-order chi connectivity index (χ0) is 21.7. The van der Waals surface area contributed by atoms with Crippen molar-refractivity contribution in [3.8, 4) is 5.75 Å². The number of benzene rings is 2. The van der Waals surface area contributed by atoms with Crippen molar-refractivity contribution in [2.24, 2.45) is 0 Å². The predicted octanol–water partition coefficient (Wildman–Crippen LogP) is 5.12. The molecule has 0 atom stereocenters. The zero-order valence-electron chi connectivity index (χ0n) is 15.6. The molecule has 1 saturated heterocycles. The van der Waals surface area contributed by atoms with Gasteiger partial charge in [-0.2, -0.15) is 0 Å². The van der Waals surface area contributed by atoms with Crippen molar-refractivity contribution in [1.29, 1.82) is 0 Å². The standard InChI is InChI=1S/C21H17ClFNO4S2/c22-16-6-2-7-17(23)15(16)12-28-14-5-1-4-13(10-14)11-18-20(27)24(21(29)30-18)9-3-8-19(25)26/h1-2,4-7,10-11H,3,8-9,12H2,(H,25,26)/b18-11-. The average molecular weight is 466 g/mol. The molecule has 3 rings (SSSR count). The highest BCUT2D eigenvalue weighted by atomic mass is 35.5. The molecule has 1 aliphatic rings. The molecule has 0 radical (unpaired) electrons. The van der Waals surface area contributed by atoms with Gasteiger partial charge in [-0.15, -0.1) is 0 Å². The quantitative estimate of drug-likeness (QED) is 0.431. The Labute approximate surface area is 187 Å². The Kier molecular flexibility index (Phi) is 7.47. The van der Waals surface area contributed by atoms with Crippen LogP contribution < -0.4 is 4.74 Å². The van der Waals surface area contributed by atoms with Crippen LogP contribution in [0.15, 0.2) is 47.4 Å². The minimum absolute atomic E-state index is 0.0263. The monoisotopic (exact) mass is 465 g/mol. The molecular weight excluding hydrogens is 449 g/mol. The molecule has 0 aliphatic carbocycles. The Hall–Kier alpha value is -2.42. The van der Waals surface area contributed by atoms with Crippen LogP contribution in [-0.2, 0) is 16.2 Å². The zero-order valence-corrected chi connectivity index (χ0v) is 18.0. The van der Waals surface area contributed by atoms with Gasteiger partial charge >= 0.3 is 5.97 Å². The highest BCUT2D eigenvalue weighted by Gasteiger charge is 2.31. The molecule has 0 aromatic heterocycles. The maximum absolute atomic E-state index is 13.9. The first kappa shape index (κ1) is 22.3. The summed E-state index contributed by atoms with van der Waals surface area (Å²) in [6, 6.07) is 11.5. The number of carboxylic acid groups (broad SMARTS) is 1. The molecule has 156 valence electrons. The van der Waals surface area contributed by atoms with Crippen LogP contribution in [0.25, 0.3) is 6.08 Å². The van der Waals surface area contributed by atoms with Crippen molar-refractivity contribution >= 4 is 57.9 Å². The highest BCUT2D eigenvalue weighted by molar-refractivity contribution is 8.26. The summed E-state index contributed by atoms with van der Waals surface area (Å²) >= 11 is 12.4. The number of nitrogens with zero attached hydrogens (tertiary/aromatic N) is 1. The number of rotatable bonds is 8. The van der Waals surface area contributed by atoms with Crippen LogP contribution >= 0.6 is 35.6 Å². The molecule has 0 spiro atoms. The van der Waals surface area contributed by atoms with E-state index in [-0.39, 0.29) is 36.1 Å². The third-order valence-corrected chi connectivity index (χ3v) is 5.98. The fourth-order valence-corrected chi connectivity index (χ4v) is 4.28. The number of carbonyl (C=O) groups excluding carboxylic acids is 1. The van der Waals surface area contributed by atoms with Gasteiger partial charge in [-0.05, 0) is 42.3 Å². The maximum atomic E-state index is 13.9. The van der Waals surface area contributed by atoms with Gasteiger partial charge in [0.25, 0.3) is 5.91 Å². The van der Waals surface area contributed by atoms with Gasteiger partial charge in [-0.25, -0.2) is 4.39 Å². The Morgan fingerprint density at radius 3 is 2.80 bits per heavy atom. The number of ether oxygens (including phenoxy) is 1. The lowest BCUT2D eigenvalue weighted by Crippen LogP contribution is -2.29. The molecule has 5 nitrogen and oxygen atoms in total. The van der Waals surface area contributed by atoms with E-state index >= 15 is 0 Å². The molecule has 2 aromatic carbocycles. The molecule has 30 heavy (non-hydrogen) atoms. The molecular formula is C21H17ClFNO4S2. The van der Waals surface area contributed by atoms with Crippen LogP contribution in [0.4, 0.5) is 4.39 Å². The number of hydrogen-bond donors (Lipinski definition) is 1. The van der Waals surface area contributed by atoms with Crippen molar-refractivity contribution in [2.45, 2.75) is 19.4 Å². The number of thiocarbonyl (C=S) groups is 1. The van der Waals surface area contributed by atoms with Crippen molar-refractivity contribution in [1.82, 2.24) is 4.90 Å². The third kappa shape index (κ3) is 5.59. The molecule has 1 amide bonds. The van der Waals surface area contributed by atoms with E-state index in [0.29, 0.717) is 21.4 Å². The lowest BCUT2D eigenvalue weighted by Gasteiger charge is -2.13. The normalized spacial score (nSPS) is 15.1. The van der Waals surface area contributed by atoms with E-state index in [1.165, 1.54) is 28.8 Å². The van der Waals surface area contributed by atoms with E-state index in [1.807, 2.05) is 0 Å². The number of aliphatic carboxylic acids is 1. The molecule has 1 aliphatic heterocycles. The summed E-state index contributed by atoms with van der Waals surface area (Å²) in [7, 11) is 0. The molecule has 2 aromatic rings. The summed E-state index contributed by atoms with van der Waals surface area (Å²) in [5.41, 5.74) is 0.991.